The third-order valence-corrected chi connectivity index (χ3v) is 6.73. The SMILES string of the molecule is CCCCCCCCCC[SiH2]Cc1ccc(OC)c(OCCCOC)c1. The number of hydrogen-bond acceptors (Lipinski definition) is 3. The van der Waals surface area contributed by atoms with E-state index >= 15 is 0 Å². The van der Waals surface area contributed by atoms with Gasteiger partial charge in [-0.1, -0.05) is 70.4 Å². The smallest absolute Gasteiger partial charge is 0.161 e. The third-order valence-electron chi connectivity index (χ3n) is 4.80. The van der Waals surface area contributed by atoms with Gasteiger partial charge < -0.3 is 14.2 Å². The second-order valence-electron chi connectivity index (χ2n) is 7.11. The summed E-state index contributed by atoms with van der Waals surface area (Å²) in [5, 5.41) is 0. The van der Waals surface area contributed by atoms with E-state index in [-0.39, 0.29) is 9.52 Å². The first-order valence-corrected chi connectivity index (χ1v) is 12.6. The van der Waals surface area contributed by atoms with Gasteiger partial charge in [-0.25, -0.2) is 0 Å². The molecule has 0 spiro atoms. The van der Waals surface area contributed by atoms with Crippen LogP contribution in [0.1, 0.15) is 70.3 Å². The van der Waals surface area contributed by atoms with Gasteiger partial charge in [-0.2, -0.15) is 0 Å². The number of ether oxygens (including phenoxy) is 3. The van der Waals surface area contributed by atoms with E-state index in [1.807, 2.05) is 6.07 Å². The lowest BCUT2D eigenvalue weighted by Gasteiger charge is -2.12. The highest BCUT2D eigenvalue weighted by atomic mass is 28.2. The van der Waals surface area contributed by atoms with Crippen LogP contribution in [0.4, 0.5) is 0 Å². The van der Waals surface area contributed by atoms with E-state index in [9.17, 15) is 0 Å². The van der Waals surface area contributed by atoms with Gasteiger partial charge in [0.05, 0.1) is 13.7 Å². The third kappa shape index (κ3) is 10.9. The minimum Gasteiger partial charge on any atom is -0.493 e. The second kappa shape index (κ2) is 16.2. The molecule has 150 valence electrons. The summed E-state index contributed by atoms with van der Waals surface area (Å²) in [5.74, 6) is 1.71. The van der Waals surface area contributed by atoms with Crippen LogP contribution < -0.4 is 9.47 Å². The topological polar surface area (TPSA) is 27.7 Å². The summed E-state index contributed by atoms with van der Waals surface area (Å²) in [5.41, 5.74) is 1.40. The maximum Gasteiger partial charge on any atom is 0.161 e. The fourth-order valence-electron chi connectivity index (χ4n) is 3.19. The molecule has 0 aliphatic heterocycles. The summed E-state index contributed by atoms with van der Waals surface area (Å²) in [6, 6.07) is 9.14. The van der Waals surface area contributed by atoms with Crippen molar-refractivity contribution in [2.75, 3.05) is 27.4 Å². The van der Waals surface area contributed by atoms with E-state index in [0.29, 0.717) is 6.61 Å². The molecule has 26 heavy (non-hydrogen) atoms. The van der Waals surface area contributed by atoms with Crippen LogP contribution in [-0.2, 0) is 10.8 Å². The molecule has 0 saturated carbocycles. The summed E-state index contributed by atoms with van der Waals surface area (Å²) in [7, 11) is 3.41. The molecule has 3 nitrogen and oxygen atoms in total. The molecule has 0 heterocycles. The Morgan fingerprint density at radius 1 is 0.808 bits per heavy atom. The Kier molecular flexibility index (Phi) is 14.3. The average Bonchev–Trinajstić information content (AvgIpc) is 2.67. The van der Waals surface area contributed by atoms with Crippen molar-refractivity contribution in [2.24, 2.45) is 0 Å². The van der Waals surface area contributed by atoms with Gasteiger partial charge in [-0.15, -0.1) is 0 Å². The maximum atomic E-state index is 5.88. The molecule has 0 aliphatic rings. The highest BCUT2D eigenvalue weighted by Crippen LogP contribution is 2.28. The molecule has 0 saturated heterocycles. The standard InChI is InChI=1S/C22H40O3Si/c1-4-5-6-7-8-9-10-11-17-26-19-20-13-14-21(24-3)22(18-20)25-16-12-15-23-2/h13-14,18H,4-12,15-17,19,26H2,1-3H3. The zero-order valence-electron chi connectivity index (χ0n) is 17.4. The quantitative estimate of drug-likeness (QED) is 0.270. The lowest BCUT2D eigenvalue weighted by atomic mass is 10.1. The van der Waals surface area contributed by atoms with Crippen molar-refractivity contribution in [3.05, 3.63) is 23.8 Å². The van der Waals surface area contributed by atoms with E-state index in [4.69, 9.17) is 14.2 Å². The fourth-order valence-corrected chi connectivity index (χ4v) is 4.87. The first-order valence-electron chi connectivity index (χ1n) is 10.6. The summed E-state index contributed by atoms with van der Waals surface area (Å²) < 4.78 is 16.4. The highest BCUT2D eigenvalue weighted by molar-refractivity contribution is 6.34. The maximum absolute atomic E-state index is 5.88. The predicted molar refractivity (Wildman–Crippen MR) is 115 cm³/mol. The summed E-state index contributed by atoms with van der Waals surface area (Å²) in [6.45, 7) is 3.68. The summed E-state index contributed by atoms with van der Waals surface area (Å²) in [4.78, 5) is 0. The minimum atomic E-state index is -0.0127. The Labute approximate surface area is 163 Å². The number of hydrogen-bond donors (Lipinski definition) is 0. The molecule has 0 radical (unpaired) electrons. The Bertz CT molecular complexity index is 451. The number of benzene rings is 1. The zero-order chi connectivity index (χ0) is 18.9. The molecule has 1 rings (SSSR count). The van der Waals surface area contributed by atoms with E-state index in [0.717, 1.165) is 24.5 Å². The Hall–Kier alpha value is -1.00. The van der Waals surface area contributed by atoms with E-state index < -0.39 is 0 Å². The second-order valence-corrected chi connectivity index (χ2v) is 9.03. The van der Waals surface area contributed by atoms with Crippen molar-refractivity contribution in [3.63, 3.8) is 0 Å². The van der Waals surface area contributed by atoms with Crippen molar-refractivity contribution in [1.29, 1.82) is 0 Å². The molecule has 0 N–H and O–H groups in total. The molecular weight excluding hydrogens is 340 g/mol. The van der Waals surface area contributed by atoms with Gasteiger partial charge in [0.1, 0.15) is 0 Å². The van der Waals surface area contributed by atoms with Crippen molar-refractivity contribution >= 4 is 9.52 Å². The molecular formula is C22H40O3Si. The van der Waals surface area contributed by atoms with Crippen LogP contribution in [0.5, 0.6) is 11.5 Å². The van der Waals surface area contributed by atoms with Gasteiger partial charge in [0.25, 0.3) is 0 Å². The highest BCUT2D eigenvalue weighted by Gasteiger charge is 2.06. The average molecular weight is 381 g/mol. The van der Waals surface area contributed by atoms with E-state index in [1.165, 1.54) is 69.0 Å². The van der Waals surface area contributed by atoms with Gasteiger partial charge in [-0.05, 0) is 23.7 Å². The molecule has 0 fully saturated rings. The molecule has 0 unspecified atom stereocenters. The normalized spacial score (nSPS) is 11.3. The van der Waals surface area contributed by atoms with Crippen molar-refractivity contribution in [3.8, 4) is 11.5 Å². The monoisotopic (exact) mass is 380 g/mol. The molecule has 0 aliphatic carbocycles. The Morgan fingerprint density at radius 3 is 2.23 bits per heavy atom. The zero-order valence-corrected chi connectivity index (χ0v) is 18.8. The molecule has 4 heteroatoms. The van der Waals surface area contributed by atoms with E-state index in [1.54, 1.807) is 14.2 Å². The van der Waals surface area contributed by atoms with Crippen LogP contribution in [0.3, 0.4) is 0 Å². The van der Waals surface area contributed by atoms with Gasteiger partial charge in [-0.3, -0.25) is 0 Å². The molecule has 1 aromatic carbocycles. The molecule has 0 amide bonds. The first kappa shape index (κ1) is 23.0. The molecule has 0 bridgehead atoms. The van der Waals surface area contributed by atoms with Gasteiger partial charge in [0, 0.05) is 29.7 Å². The number of rotatable bonds is 17. The van der Waals surface area contributed by atoms with Crippen LogP contribution in [0.15, 0.2) is 18.2 Å². The van der Waals surface area contributed by atoms with Crippen LogP contribution in [0.25, 0.3) is 0 Å². The minimum absolute atomic E-state index is 0.0127. The lowest BCUT2D eigenvalue weighted by Crippen LogP contribution is -2.04. The first-order chi connectivity index (χ1) is 12.8. The van der Waals surface area contributed by atoms with Crippen molar-refractivity contribution < 1.29 is 14.2 Å². The summed E-state index contributed by atoms with van der Waals surface area (Å²) >= 11 is 0. The van der Waals surface area contributed by atoms with Gasteiger partial charge >= 0.3 is 0 Å². The predicted octanol–water partition coefficient (Wildman–Crippen LogP) is 5.34. The largest absolute Gasteiger partial charge is 0.493 e. The molecule has 0 atom stereocenters. The fraction of sp³-hybridized carbons (Fsp3) is 0.727. The van der Waals surface area contributed by atoms with Crippen LogP contribution in [-0.4, -0.2) is 37.0 Å². The Morgan fingerprint density at radius 2 is 1.54 bits per heavy atom. The van der Waals surface area contributed by atoms with Gasteiger partial charge in [0.15, 0.2) is 11.5 Å². The number of unbranched alkanes of at least 4 members (excludes halogenated alkanes) is 7. The summed E-state index contributed by atoms with van der Waals surface area (Å²) in [6.07, 6.45) is 12.2. The van der Waals surface area contributed by atoms with Gasteiger partial charge in [0.2, 0.25) is 0 Å². The van der Waals surface area contributed by atoms with E-state index in [2.05, 4.69) is 19.1 Å². The molecule has 0 aromatic heterocycles. The van der Waals surface area contributed by atoms with Crippen LogP contribution >= 0.6 is 0 Å². The van der Waals surface area contributed by atoms with Crippen LogP contribution in [0.2, 0.25) is 6.04 Å². The van der Waals surface area contributed by atoms with Crippen molar-refractivity contribution in [2.45, 2.75) is 76.8 Å². The Balaban J connectivity index is 2.19. The molecule has 1 aromatic rings. The van der Waals surface area contributed by atoms with Crippen LogP contribution in [0, 0.1) is 0 Å². The number of methoxy groups -OCH3 is 2. The lowest BCUT2D eigenvalue weighted by molar-refractivity contribution is 0.170. The van der Waals surface area contributed by atoms with Crippen molar-refractivity contribution in [1.82, 2.24) is 0 Å².